The minimum absolute atomic E-state index is 0.509. The van der Waals surface area contributed by atoms with Crippen LogP contribution in [-0.2, 0) is 6.54 Å². The highest BCUT2D eigenvalue weighted by atomic mass is 35.5. The third-order valence-electron chi connectivity index (χ3n) is 1.75. The van der Waals surface area contributed by atoms with E-state index in [2.05, 4.69) is 9.97 Å². The molecule has 0 aliphatic rings. The van der Waals surface area contributed by atoms with Gasteiger partial charge in [0, 0.05) is 35.6 Å². The van der Waals surface area contributed by atoms with E-state index in [4.69, 9.17) is 17.3 Å². The quantitative estimate of drug-likeness (QED) is 0.854. The summed E-state index contributed by atoms with van der Waals surface area (Å²) in [4.78, 5) is 9.28. The average Bonchev–Trinajstić information content (AvgIpc) is 2.67. The number of hydrogen-bond acceptors (Lipinski definition) is 4. The fraction of sp³-hybridized carbons (Fsp3) is 0.111. The second-order valence-corrected chi connectivity index (χ2v) is 4.21. The van der Waals surface area contributed by atoms with Crippen molar-refractivity contribution in [3.05, 3.63) is 34.6 Å². The second-order valence-electron chi connectivity index (χ2n) is 2.69. The lowest BCUT2D eigenvalue weighted by Crippen LogP contribution is -1.91. The van der Waals surface area contributed by atoms with Crippen LogP contribution in [0.4, 0.5) is 0 Å². The first-order valence-corrected chi connectivity index (χ1v) is 5.25. The molecule has 0 saturated heterocycles. The molecule has 0 aliphatic carbocycles. The molecule has 2 N–H and O–H groups in total. The molecule has 3 nitrogen and oxygen atoms in total. The van der Waals surface area contributed by atoms with Crippen LogP contribution in [0.15, 0.2) is 24.7 Å². The van der Waals surface area contributed by atoms with Gasteiger partial charge in [-0.05, 0) is 6.07 Å². The van der Waals surface area contributed by atoms with Gasteiger partial charge in [-0.15, -0.1) is 11.3 Å². The van der Waals surface area contributed by atoms with Crippen molar-refractivity contribution in [2.45, 2.75) is 6.54 Å². The second kappa shape index (κ2) is 4.04. The van der Waals surface area contributed by atoms with Crippen molar-refractivity contribution in [2.24, 2.45) is 5.73 Å². The van der Waals surface area contributed by atoms with Crippen molar-refractivity contribution < 1.29 is 0 Å². The highest BCUT2D eigenvalue weighted by Crippen LogP contribution is 2.29. The van der Waals surface area contributed by atoms with Crippen LogP contribution in [-0.4, -0.2) is 9.97 Å². The molecule has 0 amide bonds. The van der Waals surface area contributed by atoms with Gasteiger partial charge in [-0.25, -0.2) is 4.98 Å². The maximum absolute atomic E-state index is 6.01. The van der Waals surface area contributed by atoms with Crippen LogP contribution < -0.4 is 5.73 Å². The summed E-state index contributed by atoms with van der Waals surface area (Å²) >= 11 is 7.55. The Morgan fingerprint density at radius 3 is 2.93 bits per heavy atom. The molecule has 2 heterocycles. The van der Waals surface area contributed by atoms with Gasteiger partial charge in [0.05, 0.1) is 5.02 Å². The predicted molar refractivity (Wildman–Crippen MR) is 58.2 cm³/mol. The van der Waals surface area contributed by atoms with Gasteiger partial charge >= 0.3 is 0 Å². The highest BCUT2D eigenvalue weighted by molar-refractivity contribution is 7.15. The molecule has 0 bridgehead atoms. The molecule has 0 saturated carbocycles. The zero-order chi connectivity index (χ0) is 9.97. The van der Waals surface area contributed by atoms with Crippen LogP contribution in [0, 0.1) is 0 Å². The zero-order valence-electron chi connectivity index (χ0n) is 7.27. The van der Waals surface area contributed by atoms with Crippen molar-refractivity contribution in [2.75, 3.05) is 0 Å². The first-order valence-electron chi connectivity index (χ1n) is 4.06. The van der Waals surface area contributed by atoms with E-state index in [-0.39, 0.29) is 0 Å². The van der Waals surface area contributed by atoms with Crippen molar-refractivity contribution >= 4 is 22.9 Å². The average molecular weight is 226 g/mol. The van der Waals surface area contributed by atoms with Crippen molar-refractivity contribution in [1.82, 2.24) is 9.97 Å². The molecule has 0 fully saturated rings. The van der Waals surface area contributed by atoms with E-state index in [1.54, 1.807) is 24.7 Å². The van der Waals surface area contributed by atoms with E-state index in [1.165, 1.54) is 11.3 Å². The molecular weight excluding hydrogens is 218 g/mol. The van der Waals surface area contributed by atoms with Gasteiger partial charge in [0.15, 0.2) is 0 Å². The summed E-state index contributed by atoms with van der Waals surface area (Å²) in [5, 5.41) is 1.53. The van der Waals surface area contributed by atoms with Gasteiger partial charge in [0.2, 0.25) is 0 Å². The molecule has 72 valence electrons. The first-order chi connectivity index (χ1) is 6.81. The van der Waals surface area contributed by atoms with Crippen LogP contribution in [0.25, 0.3) is 10.6 Å². The van der Waals surface area contributed by atoms with E-state index in [1.807, 2.05) is 0 Å². The Bertz CT molecular complexity index is 441. The highest BCUT2D eigenvalue weighted by Gasteiger charge is 2.07. The molecule has 0 unspecified atom stereocenters. The molecule has 0 aromatic carbocycles. The van der Waals surface area contributed by atoms with Crippen molar-refractivity contribution in [1.29, 1.82) is 0 Å². The summed E-state index contributed by atoms with van der Waals surface area (Å²) in [6.07, 6.45) is 5.13. The Morgan fingerprint density at radius 2 is 2.29 bits per heavy atom. The Kier molecular flexibility index (Phi) is 2.77. The van der Waals surface area contributed by atoms with E-state index in [0.29, 0.717) is 11.6 Å². The largest absolute Gasteiger partial charge is 0.326 e. The zero-order valence-corrected chi connectivity index (χ0v) is 8.85. The molecule has 2 aromatic rings. The fourth-order valence-electron chi connectivity index (χ4n) is 1.06. The van der Waals surface area contributed by atoms with E-state index < -0.39 is 0 Å². The smallest absolute Gasteiger partial charge is 0.126 e. The molecule has 0 atom stereocenters. The molecule has 0 aliphatic heterocycles. The van der Waals surface area contributed by atoms with Gasteiger partial charge in [0.1, 0.15) is 5.01 Å². The van der Waals surface area contributed by atoms with Gasteiger partial charge in [-0.2, -0.15) is 0 Å². The Hall–Kier alpha value is -0.970. The topological polar surface area (TPSA) is 51.8 Å². The van der Waals surface area contributed by atoms with Crippen LogP contribution in [0.3, 0.4) is 0 Å². The SMILES string of the molecule is NCc1cnc(-c2cnccc2Cl)s1. The molecule has 14 heavy (non-hydrogen) atoms. The third-order valence-corrected chi connectivity index (χ3v) is 3.14. The first kappa shape index (κ1) is 9.58. The fourth-order valence-corrected chi connectivity index (χ4v) is 2.13. The van der Waals surface area contributed by atoms with E-state index in [9.17, 15) is 0 Å². The number of nitrogens with two attached hydrogens (primary N) is 1. The van der Waals surface area contributed by atoms with Crippen LogP contribution in [0.5, 0.6) is 0 Å². The summed E-state index contributed by atoms with van der Waals surface area (Å²) in [7, 11) is 0. The normalized spacial score (nSPS) is 10.4. The number of hydrogen-bond donors (Lipinski definition) is 1. The number of rotatable bonds is 2. The minimum atomic E-state index is 0.509. The molecular formula is C9H8ClN3S. The van der Waals surface area contributed by atoms with Crippen LogP contribution in [0.2, 0.25) is 5.02 Å². The summed E-state index contributed by atoms with van der Waals surface area (Å²) in [5.41, 5.74) is 6.36. The van der Waals surface area contributed by atoms with Gasteiger partial charge in [-0.1, -0.05) is 11.6 Å². The van der Waals surface area contributed by atoms with E-state index in [0.717, 1.165) is 15.4 Å². The number of halogens is 1. The summed E-state index contributed by atoms with van der Waals surface area (Å²) in [6, 6.07) is 1.75. The number of pyridine rings is 1. The molecule has 5 heteroatoms. The summed E-state index contributed by atoms with van der Waals surface area (Å²) in [5.74, 6) is 0. The number of aromatic nitrogens is 2. The Labute approximate surface area is 90.6 Å². The van der Waals surface area contributed by atoms with Crippen LogP contribution >= 0.6 is 22.9 Å². The Balaban J connectivity index is 2.44. The monoisotopic (exact) mass is 225 g/mol. The maximum atomic E-state index is 6.01. The number of thiazole rings is 1. The maximum Gasteiger partial charge on any atom is 0.126 e. The summed E-state index contributed by atoms with van der Waals surface area (Å²) < 4.78 is 0. The lowest BCUT2D eigenvalue weighted by Gasteiger charge is -1.97. The van der Waals surface area contributed by atoms with Gasteiger partial charge in [0.25, 0.3) is 0 Å². The lowest BCUT2D eigenvalue weighted by molar-refractivity contribution is 1.10. The molecule has 0 radical (unpaired) electrons. The third kappa shape index (κ3) is 1.77. The summed E-state index contributed by atoms with van der Waals surface area (Å²) in [6.45, 7) is 0.509. The number of nitrogens with zero attached hydrogens (tertiary/aromatic N) is 2. The predicted octanol–water partition coefficient (Wildman–Crippen LogP) is 2.32. The van der Waals surface area contributed by atoms with E-state index >= 15 is 0 Å². The van der Waals surface area contributed by atoms with Crippen LogP contribution in [0.1, 0.15) is 4.88 Å². The Morgan fingerprint density at radius 1 is 1.43 bits per heavy atom. The standard InChI is InChI=1S/C9H8ClN3S/c10-8-1-2-12-5-7(8)9-13-4-6(3-11)14-9/h1-2,4-5H,3,11H2. The molecule has 2 aromatic heterocycles. The minimum Gasteiger partial charge on any atom is -0.326 e. The van der Waals surface area contributed by atoms with Crippen molar-refractivity contribution in [3.63, 3.8) is 0 Å². The molecule has 2 rings (SSSR count). The van der Waals surface area contributed by atoms with Gasteiger partial charge < -0.3 is 5.73 Å². The van der Waals surface area contributed by atoms with Crippen molar-refractivity contribution in [3.8, 4) is 10.6 Å². The molecule has 0 spiro atoms. The lowest BCUT2D eigenvalue weighted by atomic mass is 10.3. The van der Waals surface area contributed by atoms with Gasteiger partial charge in [-0.3, -0.25) is 4.98 Å².